The fourth-order valence-corrected chi connectivity index (χ4v) is 8.47. The fraction of sp³-hybridized carbons (Fsp3) is 0.308. The van der Waals surface area contributed by atoms with Gasteiger partial charge in [-0.15, -0.1) is 0 Å². The Morgan fingerprint density at radius 3 is 0.783 bits per heavy atom. The van der Waals surface area contributed by atoms with Crippen LogP contribution >= 0.6 is 0 Å². The van der Waals surface area contributed by atoms with Crippen molar-refractivity contribution in [3.63, 3.8) is 0 Å². The topological polar surface area (TPSA) is 36.9 Å². The van der Waals surface area contributed by atoms with Gasteiger partial charge in [-0.2, -0.15) is 0 Å². The molecule has 0 aliphatic rings. The zero-order valence-electron chi connectivity index (χ0n) is 55.0. The Bertz CT molecular complexity index is 2960. The molecule has 9 aromatic rings. The molecule has 0 radical (unpaired) electrons. The molecule has 9 aromatic carbocycles. The summed E-state index contributed by atoms with van der Waals surface area (Å²) < 4.78 is 33.1. The summed E-state index contributed by atoms with van der Waals surface area (Å²) in [4.78, 5) is 0. The highest BCUT2D eigenvalue weighted by Crippen LogP contribution is 2.20. The first-order chi connectivity index (χ1) is 39.2. The number of rotatable bonds is 5. The average molecular weight is 1120 g/mol. The molecule has 0 aliphatic heterocycles. The summed E-state index contributed by atoms with van der Waals surface area (Å²) in [6.07, 6.45) is 0. The lowest BCUT2D eigenvalue weighted by Gasteiger charge is -2.06. The Balaban J connectivity index is 0.000000468. The van der Waals surface area contributed by atoms with E-state index in [0.29, 0.717) is 0 Å². The summed E-state index contributed by atoms with van der Waals surface area (Å²) >= 11 is 0. The first-order valence-corrected chi connectivity index (χ1v) is 28.6. The third-order valence-corrected chi connectivity index (χ3v) is 12.4. The van der Waals surface area contributed by atoms with Crippen LogP contribution in [0.1, 0.15) is 113 Å². The molecule has 4 nitrogen and oxygen atoms in total. The molecule has 9 rings (SSSR count). The summed E-state index contributed by atoms with van der Waals surface area (Å²) in [6.45, 7) is 42.1. The zero-order chi connectivity index (χ0) is 62.6. The Morgan fingerprint density at radius 2 is 0.530 bits per heavy atom. The molecule has 0 amide bonds. The number of methoxy groups -OCH3 is 3. The van der Waals surface area contributed by atoms with Gasteiger partial charge in [0.1, 0.15) is 28.8 Å². The number of halogens is 1. The molecule has 0 aliphatic carbocycles. The predicted molar refractivity (Wildman–Crippen MR) is 359 cm³/mol. The largest absolute Gasteiger partial charge is 0.497 e. The van der Waals surface area contributed by atoms with Gasteiger partial charge in [0.05, 0.1) is 27.9 Å². The minimum Gasteiger partial charge on any atom is -0.497 e. The van der Waals surface area contributed by atoms with Crippen LogP contribution in [0.25, 0.3) is 0 Å². The summed E-state index contributed by atoms with van der Waals surface area (Å²) in [5.74, 6) is 3.70. The van der Waals surface area contributed by atoms with E-state index in [2.05, 4.69) is 232 Å². The van der Waals surface area contributed by atoms with Gasteiger partial charge < -0.3 is 18.9 Å². The van der Waals surface area contributed by atoms with Gasteiger partial charge in [0.15, 0.2) is 0 Å². The van der Waals surface area contributed by atoms with E-state index in [1.54, 1.807) is 21.3 Å². The molecule has 0 atom stereocenters. The SMILES string of the molecule is CCOc1ccc(C)cc1C.COc1cc(C)cc(C)c1.COc1cc(C)cc(C)c1.COc1ccc(C)cc1C.Cc1cc(C)cc(C)c1.Cc1cc(C)cc(F)c1.Cc1ccc(C)cc1.Cc1cccc(C)c1.Cc1ccccc1C. The van der Waals surface area contributed by atoms with Gasteiger partial charge in [-0.3, -0.25) is 0 Å². The minimum absolute atomic E-state index is 0.146. The van der Waals surface area contributed by atoms with Crippen molar-refractivity contribution in [2.75, 3.05) is 27.9 Å². The van der Waals surface area contributed by atoms with E-state index in [1.165, 1.54) is 107 Å². The van der Waals surface area contributed by atoms with E-state index in [9.17, 15) is 4.39 Å². The highest BCUT2D eigenvalue weighted by Gasteiger charge is 1.98. The number of benzene rings is 9. The highest BCUT2D eigenvalue weighted by atomic mass is 19.1. The Morgan fingerprint density at radius 1 is 0.253 bits per heavy atom. The molecule has 0 saturated carbocycles. The maximum absolute atomic E-state index is 12.4. The molecule has 0 saturated heterocycles. The normalized spacial score (nSPS) is 9.49. The average Bonchev–Trinajstić information content (AvgIpc) is 3.40. The third-order valence-electron chi connectivity index (χ3n) is 12.4. The minimum atomic E-state index is -0.146. The smallest absolute Gasteiger partial charge is 0.123 e. The number of hydrogen-bond donors (Lipinski definition) is 0. The van der Waals surface area contributed by atoms with E-state index in [0.717, 1.165) is 40.7 Å². The van der Waals surface area contributed by atoms with E-state index in [4.69, 9.17) is 18.9 Å². The summed E-state index contributed by atoms with van der Waals surface area (Å²) in [5, 5.41) is 0. The maximum atomic E-state index is 12.4. The third kappa shape index (κ3) is 34.2. The molecule has 0 spiro atoms. The van der Waals surface area contributed by atoms with E-state index < -0.39 is 0 Å². The van der Waals surface area contributed by atoms with Gasteiger partial charge in [-0.25, -0.2) is 4.39 Å². The molecule has 0 bridgehead atoms. The summed E-state index contributed by atoms with van der Waals surface area (Å²) in [5.41, 5.74) is 24.1. The Kier molecular flexibility index (Phi) is 35.5. The van der Waals surface area contributed by atoms with Crippen molar-refractivity contribution in [1.29, 1.82) is 0 Å². The van der Waals surface area contributed by atoms with Crippen LogP contribution in [0, 0.1) is 137 Å². The van der Waals surface area contributed by atoms with Crippen LogP contribution in [0.4, 0.5) is 4.39 Å². The van der Waals surface area contributed by atoms with Crippen molar-refractivity contribution in [1.82, 2.24) is 0 Å². The molecule has 0 aromatic heterocycles. The quantitative estimate of drug-likeness (QED) is 0.172. The lowest BCUT2D eigenvalue weighted by atomic mass is 10.1. The Labute approximate surface area is 503 Å². The van der Waals surface area contributed by atoms with Crippen molar-refractivity contribution in [2.45, 2.75) is 138 Å². The number of aryl methyl sites for hydroxylation is 19. The van der Waals surface area contributed by atoms with Crippen molar-refractivity contribution in [2.24, 2.45) is 0 Å². The van der Waals surface area contributed by atoms with Gasteiger partial charge in [0.2, 0.25) is 0 Å². The van der Waals surface area contributed by atoms with Crippen LogP contribution in [0.3, 0.4) is 0 Å². The second-order valence-electron chi connectivity index (χ2n) is 21.6. The van der Waals surface area contributed by atoms with Crippen LogP contribution in [0.5, 0.6) is 23.0 Å². The molecule has 83 heavy (non-hydrogen) atoms. The lowest BCUT2D eigenvalue weighted by Crippen LogP contribution is -1.93. The van der Waals surface area contributed by atoms with Crippen LogP contribution in [0.15, 0.2) is 182 Å². The first-order valence-electron chi connectivity index (χ1n) is 28.6. The van der Waals surface area contributed by atoms with Crippen LogP contribution < -0.4 is 18.9 Å². The molecule has 0 unspecified atom stereocenters. The predicted octanol–water partition coefficient (Wildman–Crippen LogP) is 21.6. The molecule has 0 fully saturated rings. The fourth-order valence-electron chi connectivity index (χ4n) is 8.47. The highest BCUT2D eigenvalue weighted by molar-refractivity contribution is 5.37. The van der Waals surface area contributed by atoms with Crippen LogP contribution in [-0.2, 0) is 0 Å². The van der Waals surface area contributed by atoms with Crippen molar-refractivity contribution < 1.29 is 23.3 Å². The van der Waals surface area contributed by atoms with E-state index in [-0.39, 0.29) is 5.82 Å². The number of hydrogen-bond acceptors (Lipinski definition) is 4. The Hall–Kier alpha value is -7.89. The van der Waals surface area contributed by atoms with Gasteiger partial charge in [-0.05, 0) is 243 Å². The van der Waals surface area contributed by atoms with Gasteiger partial charge in [-0.1, -0.05) is 184 Å². The zero-order valence-corrected chi connectivity index (χ0v) is 55.0. The lowest BCUT2D eigenvalue weighted by molar-refractivity contribution is 0.338. The van der Waals surface area contributed by atoms with Gasteiger partial charge >= 0.3 is 0 Å². The molecule has 444 valence electrons. The van der Waals surface area contributed by atoms with Gasteiger partial charge in [0.25, 0.3) is 0 Å². The second kappa shape index (κ2) is 40.3. The summed E-state index contributed by atoms with van der Waals surface area (Å²) in [7, 11) is 5.07. The second-order valence-corrected chi connectivity index (χ2v) is 21.6. The maximum Gasteiger partial charge on any atom is 0.123 e. The van der Waals surface area contributed by atoms with Crippen LogP contribution in [0.2, 0.25) is 0 Å². The van der Waals surface area contributed by atoms with E-state index in [1.807, 2.05) is 76.2 Å². The molecule has 0 N–H and O–H groups in total. The number of ether oxygens (including phenoxy) is 4. The van der Waals surface area contributed by atoms with Crippen molar-refractivity contribution >= 4 is 0 Å². The van der Waals surface area contributed by atoms with Crippen molar-refractivity contribution in [3.05, 3.63) is 294 Å². The first kappa shape index (κ1) is 73.1. The van der Waals surface area contributed by atoms with Gasteiger partial charge in [0, 0.05) is 0 Å². The summed E-state index contributed by atoms with van der Waals surface area (Å²) in [6, 6.07) is 61.5. The molecule has 5 heteroatoms. The van der Waals surface area contributed by atoms with Crippen LogP contribution in [-0.4, -0.2) is 27.9 Å². The molecule has 0 heterocycles. The van der Waals surface area contributed by atoms with E-state index >= 15 is 0 Å². The van der Waals surface area contributed by atoms with Crippen molar-refractivity contribution in [3.8, 4) is 23.0 Å². The molecular formula is C78H101FO4. The standard InChI is InChI=1S/C10H14O.3C9H12O.C9H12.C8H9F.3C8H10/c1-4-11-10-6-5-8(2)7-9(10)3;2*1-7-4-8(2)6-9(5-7)10-3;1-7-4-5-9(10-3)8(2)6-7;1-7-4-8(2)6-9(3)5-7;1-6-3-7(2)5-8(9)4-6;1-7-3-5-8(2)6-4-7;1-7-4-3-5-8(2)6-7;1-7-5-3-4-6-8(7)2/h5-7H,4H2,1-3H3;3*4-6H,1-3H3;4-6H,1-3H3;3-5H,1-2H3;3*3-6H,1-2H3. The monoisotopic (exact) mass is 1120 g/mol. The molecular weight excluding hydrogens is 1020 g/mol.